The van der Waals surface area contributed by atoms with Crippen LogP contribution in [0.2, 0.25) is 0 Å². The van der Waals surface area contributed by atoms with Gasteiger partial charge >= 0.3 is 0 Å². The first kappa shape index (κ1) is 14.4. The smallest absolute Gasteiger partial charge is 0.124 e. The Morgan fingerprint density at radius 3 is 2.74 bits per heavy atom. The molecule has 1 aliphatic rings. The van der Waals surface area contributed by atoms with E-state index in [1.807, 2.05) is 25.1 Å². The van der Waals surface area contributed by atoms with E-state index < -0.39 is 6.10 Å². The number of methoxy groups -OCH3 is 1. The first-order valence-electron chi connectivity index (χ1n) is 7.11. The molecule has 1 atom stereocenters. The van der Waals surface area contributed by atoms with Gasteiger partial charge in [-0.05, 0) is 44.9 Å². The lowest BCUT2D eigenvalue weighted by atomic mass is 9.85. The molecule has 1 fully saturated rings. The second kappa shape index (κ2) is 6.40. The highest BCUT2D eigenvalue weighted by atomic mass is 16.5. The Balaban J connectivity index is 1.97. The van der Waals surface area contributed by atoms with E-state index in [0.29, 0.717) is 6.54 Å². The van der Waals surface area contributed by atoms with Crippen LogP contribution >= 0.6 is 0 Å². The number of aryl methyl sites for hydroxylation is 1. The van der Waals surface area contributed by atoms with Crippen molar-refractivity contribution in [2.45, 2.75) is 32.3 Å². The van der Waals surface area contributed by atoms with Gasteiger partial charge in [-0.25, -0.2) is 0 Å². The maximum absolute atomic E-state index is 10.4. The predicted molar refractivity (Wildman–Crippen MR) is 77.5 cm³/mol. The van der Waals surface area contributed by atoms with Crippen molar-refractivity contribution >= 4 is 0 Å². The average Bonchev–Trinajstić information content (AvgIpc) is 2.33. The Bertz CT molecular complexity index is 415. The monoisotopic (exact) mass is 263 g/mol. The fourth-order valence-corrected chi connectivity index (χ4v) is 2.70. The predicted octanol–water partition coefficient (Wildman–Crippen LogP) is 2.77. The van der Waals surface area contributed by atoms with Crippen molar-refractivity contribution in [2.24, 2.45) is 5.92 Å². The topological polar surface area (TPSA) is 32.7 Å². The Morgan fingerprint density at radius 1 is 1.42 bits per heavy atom. The fraction of sp³-hybridized carbons (Fsp3) is 0.625. The number of nitrogens with zero attached hydrogens (tertiary/aromatic N) is 1. The number of aliphatic hydroxyl groups is 1. The summed E-state index contributed by atoms with van der Waals surface area (Å²) >= 11 is 0. The van der Waals surface area contributed by atoms with Crippen LogP contribution in [0.25, 0.3) is 0 Å². The summed E-state index contributed by atoms with van der Waals surface area (Å²) in [5, 5.41) is 10.4. The molecule has 3 heteroatoms. The van der Waals surface area contributed by atoms with E-state index >= 15 is 0 Å². The van der Waals surface area contributed by atoms with Crippen molar-refractivity contribution in [1.29, 1.82) is 0 Å². The largest absolute Gasteiger partial charge is 0.496 e. The van der Waals surface area contributed by atoms with Crippen molar-refractivity contribution < 1.29 is 9.84 Å². The molecule has 2 rings (SSSR count). The minimum absolute atomic E-state index is 0.486. The van der Waals surface area contributed by atoms with Crippen LogP contribution in [-0.4, -0.2) is 37.3 Å². The minimum atomic E-state index is -0.486. The molecule has 0 heterocycles. The van der Waals surface area contributed by atoms with E-state index in [4.69, 9.17) is 4.74 Å². The van der Waals surface area contributed by atoms with Crippen molar-refractivity contribution in [1.82, 2.24) is 4.90 Å². The van der Waals surface area contributed by atoms with Gasteiger partial charge in [-0.3, -0.25) is 0 Å². The lowest BCUT2D eigenvalue weighted by Gasteiger charge is -2.31. The van der Waals surface area contributed by atoms with Crippen LogP contribution in [0.4, 0.5) is 0 Å². The van der Waals surface area contributed by atoms with Crippen LogP contribution in [0.5, 0.6) is 5.75 Å². The summed E-state index contributed by atoms with van der Waals surface area (Å²) in [6.07, 6.45) is 3.56. The molecule has 106 valence electrons. The van der Waals surface area contributed by atoms with E-state index in [2.05, 4.69) is 11.9 Å². The van der Waals surface area contributed by atoms with Crippen molar-refractivity contribution in [3.05, 3.63) is 29.3 Å². The number of likely N-dealkylation sites (N-methyl/N-ethyl adjacent to an activating group) is 1. The molecule has 0 aliphatic heterocycles. The first-order chi connectivity index (χ1) is 9.10. The summed E-state index contributed by atoms with van der Waals surface area (Å²) in [7, 11) is 3.74. The molecule has 1 aliphatic carbocycles. The van der Waals surface area contributed by atoms with Gasteiger partial charge < -0.3 is 14.7 Å². The standard InChI is InChI=1S/C16H25NO2/c1-12-7-8-16(19-3)14(9-12)15(18)11-17(2)10-13-5-4-6-13/h7-9,13,15,18H,4-6,10-11H2,1-3H3. The highest BCUT2D eigenvalue weighted by Crippen LogP contribution is 2.29. The molecule has 1 aromatic rings. The highest BCUT2D eigenvalue weighted by molar-refractivity contribution is 5.38. The lowest BCUT2D eigenvalue weighted by Crippen LogP contribution is -2.32. The number of hydrogen-bond acceptors (Lipinski definition) is 3. The van der Waals surface area contributed by atoms with Gasteiger partial charge in [0.25, 0.3) is 0 Å². The zero-order valence-electron chi connectivity index (χ0n) is 12.2. The van der Waals surface area contributed by atoms with Gasteiger partial charge in [0.2, 0.25) is 0 Å². The molecule has 1 aromatic carbocycles. The number of aliphatic hydroxyl groups excluding tert-OH is 1. The third-order valence-electron chi connectivity index (χ3n) is 4.02. The van der Waals surface area contributed by atoms with E-state index in [1.165, 1.54) is 19.3 Å². The zero-order chi connectivity index (χ0) is 13.8. The molecule has 1 N–H and O–H groups in total. The summed E-state index contributed by atoms with van der Waals surface area (Å²) < 4.78 is 5.34. The van der Waals surface area contributed by atoms with E-state index in [0.717, 1.165) is 29.3 Å². The normalized spacial score (nSPS) is 17.3. The zero-order valence-corrected chi connectivity index (χ0v) is 12.2. The van der Waals surface area contributed by atoms with Crippen LogP contribution in [0.1, 0.15) is 36.5 Å². The molecule has 1 unspecified atom stereocenters. The van der Waals surface area contributed by atoms with E-state index in [9.17, 15) is 5.11 Å². The summed E-state index contributed by atoms with van der Waals surface area (Å²) in [6.45, 7) is 3.79. The Hall–Kier alpha value is -1.06. The molecule has 0 radical (unpaired) electrons. The third-order valence-corrected chi connectivity index (χ3v) is 4.02. The van der Waals surface area contributed by atoms with Crippen LogP contribution < -0.4 is 4.74 Å². The van der Waals surface area contributed by atoms with E-state index in [-0.39, 0.29) is 0 Å². The number of benzene rings is 1. The van der Waals surface area contributed by atoms with Gasteiger partial charge in [0.1, 0.15) is 5.75 Å². The van der Waals surface area contributed by atoms with Gasteiger partial charge in [-0.2, -0.15) is 0 Å². The second-order valence-corrected chi connectivity index (χ2v) is 5.78. The maximum atomic E-state index is 10.4. The Labute approximate surface area is 116 Å². The Morgan fingerprint density at radius 2 is 2.16 bits per heavy atom. The summed E-state index contributed by atoms with van der Waals surface area (Å²) in [5.74, 6) is 1.60. The van der Waals surface area contributed by atoms with Crippen molar-refractivity contribution in [3.63, 3.8) is 0 Å². The van der Waals surface area contributed by atoms with Crippen LogP contribution in [0, 0.1) is 12.8 Å². The van der Waals surface area contributed by atoms with Gasteiger partial charge in [-0.15, -0.1) is 0 Å². The molecule has 0 saturated heterocycles. The maximum Gasteiger partial charge on any atom is 0.124 e. The summed E-state index contributed by atoms with van der Waals surface area (Å²) in [6, 6.07) is 5.95. The van der Waals surface area contributed by atoms with Gasteiger partial charge in [0.15, 0.2) is 0 Å². The molecule has 0 aromatic heterocycles. The van der Waals surface area contributed by atoms with E-state index in [1.54, 1.807) is 7.11 Å². The van der Waals surface area contributed by atoms with Gasteiger partial charge in [-0.1, -0.05) is 18.1 Å². The fourth-order valence-electron chi connectivity index (χ4n) is 2.70. The second-order valence-electron chi connectivity index (χ2n) is 5.78. The Kier molecular flexibility index (Phi) is 4.83. The minimum Gasteiger partial charge on any atom is -0.496 e. The molecule has 0 spiro atoms. The molecular formula is C16H25NO2. The van der Waals surface area contributed by atoms with Gasteiger partial charge in [0.05, 0.1) is 13.2 Å². The highest BCUT2D eigenvalue weighted by Gasteiger charge is 2.21. The van der Waals surface area contributed by atoms with Crippen LogP contribution in [0.3, 0.4) is 0 Å². The number of rotatable bonds is 6. The van der Waals surface area contributed by atoms with Crippen LogP contribution in [-0.2, 0) is 0 Å². The van der Waals surface area contributed by atoms with Crippen molar-refractivity contribution in [2.75, 3.05) is 27.2 Å². The van der Waals surface area contributed by atoms with Crippen LogP contribution in [0.15, 0.2) is 18.2 Å². The van der Waals surface area contributed by atoms with Crippen molar-refractivity contribution in [3.8, 4) is 5.75 Å². The molecule has 19 heavy (non-hydrogen) atoms. The lowest BCUT2D eigenvalue weighted by molar-refractivity contribution is 0.105. The number of hydrogen-bond donors (Lipinski definition) is 1. The molecule has 1 saturated carbocycles. The first-order valence-corrected chi connectivity index (χ1v) is 7.11. The number of ether oxygens (including phenoxy) is 1. The summed E-state index contributed by atoms with van der Waals surface area (Å²) in [4.78, 5) is 2.23. The average molecular weight is 263 g/mol. The summed E-state index contributed by atoms with van der Waals surface area (Å²) in [5.41, 5.74) is 2.04. The molecule has 0 amide bonds. The SMILES string of the molecule is COc1ccc(C)cc1C(O)CN(C)CC1CCC1. The quantitative estimate of drug-likeness (QED) is 0.856. The molecular weight excluding hydrogens is 238 g/mol. The molecule has 0 bridgehead atoms. The molecule has 3 nitrogen and oxygen atoms in total. The third kappa shape index (κ3) is 3.71. The van der Waals surface area contributed by atoms with Gasteiger partial charge in [0, 0.05) is 18.7 Å².